The fourth-order valence-electron chi connectivity index (χ4n) is 4.25. The molecular formula is C25H30N6O2S. The van der Waals surface area contributed by atoms with Gasteiger partial charge in [-0.25, -0.2) is 0 Å². The number of carbonyl (C=O) groups excluding carboxylic acids is 2. The van der Waals surface area contributed by atoms with E-state index in [1.165, 1.54) is 0 Å². The molecule has 2 amide bonds. The van der Waals surface area contributed by atoms with Gasteiger partial charge in [-0.2, -0.15) is 5.10 Å². The Morgan fingerprint density at radius 3 is 2.35 bits per heavy atom. The van der Waals surface area contributed by atoms with Crippen molar-refractivity contribution in [3.63, 3.8) is 0 Å². The normalized spacial score (nSPS) is 14.3. The van der Waals surface area contributed by atoms with Crippen molar-refractivity contribution in [3.05, 3.63) is 63.9 Å². The maximum atomic E-state index is 13.0. The Hall–Kier alpha value is -3.30. The van der Waals surface area contributed by atoms with Crippen LogP contribution in [0.25, 0.3) is 11.4 Å². The lowest BCUT2D eigenvalue weighted by molar-refractivity contribution is -0.133. The van der Waals surface area contributed by atoms with Crippen LogP contribution >= 0.6 is 12.2 Å². The van der Waals surface area contributed by atoms with Crippen molar-refractivity contribution >= 4 is 29.7 Å². The number of rotatable bonds is 6. The summed E-state index contributed by atoms with van der Waals surface area (Å²) in [5, 5.41) is 10.2. The number of para-hydroxylation sites is 1. The van der Waals surface area contributed by atoms with Gasteiger partial charge in [0.2, 0.25) is 11.8 Å². The van der Waals surface area contributed by atoms with Crippen LogP contribution in [-0.4, -0.2) is 69.1 Å². The van der Waals surface area contributed by atoms with Crippen molar-refractivity contribution in [2.45, 2.75) is 27.3 Å². The number of nitrogens with zero attached hydrogens (tertiary/aromatic N) is 4. The second-order valence-corrected chi connectivity index (χ2v) is 9.17. The van der Waals surface area contributed by atoms with Gasteiger partial charge in [-0.1, -0.05) is 42.0 Å². The fourth-order valence-corrected chi connectivity index (χ4v) is 4.45. The van der Waals surface area contributed by atoms with E-state index in [1.54, 1.807) is 4.57 Å². The predicted octanol–water partition coefficient (Wildman–Crippen LogP) is 3.32. The summed E-state index contributed by atoms with van der Waals surface area (Å²) in [5.74, 6) is 0.611. The van der Waals surface area contributed by atoms with Gasteiger partial charge >= 0.3 is 0 Å². The molecule has 1 aliphatic rings. The summed E-state index contributed by atoms with van der Waals surface area (Å²) in [6.45, 7) is 8.86. The van der Waals surface area contributed by atoms with Gasteiger partial charge in [-0.05, 0) is 50.2 Å². The first-order valence-corrected chi connectivity index (χ1v) is 11.8. The summed E-state index contributed by atoms with van der Waals surface area (Å²) in [6.07, 6.45) is 0. The van der Waals surface area contributed by atoms with Crippen LogP contribution in [0, 0.1) is 25.5 Å². The zero-order chi connectivity index (χ0) is 24.2. The van der Waals surface area contributed by atoms with Crippen LogP contribution in [-0.2, 0) is 16.1 Å². The lowest BCUT2D eigenvalue weighted by Gasteiger charge is -2.34. The van der Waals surface area contributed by atoms with Gasteiger partial charge in [-0.3, -0.25) is 24.2 Å². The zero-order valence-electron chi connectivity index (χ0n) is 19.8. The Morgan fingerprint density at radius 1 is 1.00 bits per heavy atom. The molecule has 1 aromatic heterocycles. The summed E-state index contributed by atoms with van der Waals surface area (Å²) in [7, 11) is 0. The quantitative estimate of drug-likeness (QED) is 0.531. The average molecular weight is 479 g/mol. The first-order chi connectivity index (χ1) is 16.3. The highest BCUT2D eigenvalue weighted by Gasteiger charge is 2.24. The first-order valence-electron chi connectivity index (χ1n) is 11.4. The minimum atomic E-state index is -0.0373. The van der Waals surface area contributed by atoms with E-state index in [-0.39, 0.29) is 18.4 Å². The van der Waals surface area contributed by atoms with Gasteiger partial charge in [0.25, 0.3) is 0 Å². The maximum absolute atomic E-state index is 13.0. The SMILES string of the molecule is Cc1cccc(-c2n[nH]c(=S)n2CC(=O)N2CCN(CC(=O)Nc3c(C)cccc3C)CC2)c1. The zero-order valence-corrected chi connectivity index (χ0v) is 20.6. The van der Waals surface area contributed by atoms with Crippen molar-refractivity contribution in [1.29, 1.82) is 0 Å². The molecule has 9 heteroatoms. The maximum Gasteiger partial charge on any atom is 0.242 e. The van der Waals surface area contributed by atoms with Gasteiger partial charge in [0.1, 0.15) is 6.54 Å². The van der Waals surface area contributed by atoms with Crippen LogP contribution in [0.15, 0.2) is 42.5 Å². The van der Waals surface area contributed by atoms with E-state index in [9.17, 15) is 9.59 Å². The molecule has 34 heavy (non-hydrogen) atoms. The van der Waals surface area contributed by atoms with Gasteiger partial charge < -0.3 is 10.2 Å². The van der Waals surface area contributed by atoms with E-state index >= 15 is 0 Å². The Bertz CT molecular complexity index is 1240. The Labute approximate surface area is 204 Å². The monoisotopic (exact) mass is 478 g/mol. The number of benzene rings is 2. The molecule has 0 aliphatic carbocycles. The van der Waals surface area contributed by atoms with E-state index < -0.39 is 0 Å². The Morgan fingerprint density at radius 2 is 1.68 bits per heavy atom. The molecule has 0 atom stereocenters. The van der Waals surface area contributed by atoms with Gasteiger partial charge in [0, 0.05) is 37.4 Å². The van der Waals surface area contributed by atoms with Crippen molar-refractivity contribution in [1.82, 2.24) is 24.6 Å². The average Bonchev–Trinajstić information content (AvgIpc) is 3.17. The number of carbonyl (C=O) groups is 2. The molecule has 0 spiro atoms. The third-order valence-electron chi connectivity index (χ3n) is 6.17. The highest BCUT2D eigenvalue weighted by Crippen LogP contribution is 2.20. The number of piperazine rings is 1. The molecule has 0 bridgehead atoms. The number of anilines is 1. The van der Waals surface area contributed by atoms with Crippen LogP contribution in [0.5, 0.6) is 0 Å². The number of aromatic amines is 1. The van der Waals surface area contributed by atoms with Gasteiger partial charge in [0.05, 0.1) is 6.54 Å². The largest absolute Gasteiger partial charge is 0.339 e. The number of H-pyrrole nitrogens is 1. The summed E-state index contributed by atoms with van der Waals surface area (Å²) in [4.78, 5) is 29.5. The molecule has 2 aromatic carbocycles. The van der Waals surface area contributed by atoms with Gasteiger partial charge in [0.15, 0.2) is 10.6 Å². The molecule has 2 N–H and O–H groups in total. The lowest BCUT2D eigenvalue weighted by Crippen LogP contribution is -2.51. The molecule has 1 saturated heterocycles. The van der Waals surface area contributed by atoms with Crippen LogP contribution in [0.4, 0.5) is 5.69 Å². The number of nitrogens with one attached hydrogen (secondary N) is 2. The first kappa shape index (κ1) is 23.8. The third kappa shape index (κ3) is 5.43. The van der Waals surface area contributed by atoms with Crippen molar-refractivity contribution in [2.24, 2.45) is 0 Å². The molecule has 8 nitrogen and oxygen atoms in total. The Kier molecular flexibility index (Phi) is 7.23. The van der Waals surface area contributed by atoms with Crippen LogP contribution < -0.4 is 5.32 Å². The van der Waals surface area contributed by atoms with E-state index in [2.05, 4.69) is 20.4 Å². The summed E-state index contributed by atoms with van der Waals surface area (Å²) in [6, 6.07) is 13.9. The number of hydrogen-bond acceptors (Lipinski definition) is 5. The number of hydrogen-bond donors (Lipinski definition) is 2. The summed E-state index contributed by atoms with van der Waals surface area (Å²) >= 11 is 5.39. The van der Waals surface area contributed by atoms with Crippen LogP contribution in [0.2, 0.25) is 0 Å². The van der Waals surface area contributed by atoms with Gasteiger partial charge in [-0.15, -0.1) is 0 Å². The van der Waals surface area contributed by atoms with E-state index in [0.29, 0.717) is 43.3 Å². The number of aromatic nitrogens is 3. The fraction of sp³-hybridized carbons (Fsp3) is 0.360. The minimum absolute atomic E-state index is 0.00830. The second-order valence-electron chi connectivity index (χ2n) is 8.78. The Balaban J connectivity index is 1.33. The van der Waals surface area contributed by atoms with Crippen molar-refractivity contribution in [3.8, 4) is 11.4 Å². The number of amides is 2. The standard InChI is InChI=1S/C25H30N6O2S/c1-17-6-4-9-20(14-17)24-27-28-25(34)31(24)16-22(33)30-12-10-29(11-13-30)15-21(32)26-23-18(2)7-5-8-19(23)3/h4-9,14H,10-13,15-16H2,1-3H3,(H,26,32)(H,28,34). The highest BCUT2D eigenvalue weighted by atomic mass is 32.1. The van der Waals surface area contributed by atoms with Crippen LogP contribution in [0.1, 0.15) is 16.7 Å². The van der Waals surface area contributed by atoms with E-state index in [4.69, 9.17) is 12.2 Å². The third-order valence-corrected chi connectivity index (χ3v) is 6.48. The molecule has 178 valence electrons. The lowest BCUT2D eigenvalue weighted by atomic mass is 10.1. The topological polar surface area (TPSA) is 86.3 Å². The molecule has 0 radical (unpaired) electrons. The molecule has 0 saturated carbocycles. The molecule has 4 rings (SSSR count). The van der Waals surface area contributed by atoms with Crippen LogP contribution in [0.3, 0.4) is 0 Å². The van der Waals surface area contributed by atoms with Crippen molar-refractivity contribution in [2.75, 3.05) is 38.0 Å². The summed E-state index contributed by atoms with van der Waals surface area (Å²) in [5.41, 5.74) is 5.00. The van der Waals surface area contributed by atoms with E-state index in [0.717, 1.165) is 27.9 Å². The number of aryl methyl sites for hydroxylation is 3. The molecule has 0 unspecified atom stereocenters. The molecule has 1 fully saturated rings. The van der Waals surface area contributed by atoms with E-state index in [1.807, 2.05) is 68.1 Å². The molecular weight excluding hydrogens is 448 g/mol. The highest BCUT2D eigenvalue weighted by molar-refractivity contribution is 7.71. The molecule has 3 aromatic rings. The smallest absolute Gasteiger partial charge is 0.242 e. The summed E-state index contributed by atoms with van der Waals surface area (Å²) < 4.78 is 2.17. The molecule has 1 aliphatic heterocycles. The molecule has 2 heterocycles. The van der Waals surface area contributed by atoms with Crippen molar-refractivity contribution < 1.29 is 9.59 Å². The minimum Gasteiger partial charge on any atom is -0.339 e. The predicted molar refractivity (Wildman–Crippen MR) is 135 cm³/mol. The second kappa shape index (κ2) is 10.3.